The summed E-state index contributed by atoms with van der Waals surface area (Å²) < 4.78 is 63.3. The van der Waals surface area contributed by atoms with Crippen LogP contribution >= 0.6 is 23.2 Å². The number of aromatic hydroxyl groups is 4. The lowest BCUT2D eigenvalue weighted by Gasteiger charge is -2.11. The number of phenolic OH excluding ortho intramolecular Hbond substituents is 4. The van der Waals surface area contributed by atoms with Crippen LogP contribution < -0.4 is 35.5 Å². The number of ether oxygens (including phenoxy) is 3. The van der Waals surface area contributed by atoms with Crippen LogP contribution in [0.5, 0.6) is 40.2 Å². The number of nitrogens with one attached hydrogen (secondary N) is 4. The van der Waals surface area contributed by atoms with Gasteiger partial charge in [0, 0.05) is 29.8 Å². The summed E-state index contributed by atoms with van der Waals surface area (Å²) in [6, 6.07) is 14.5. The Kier molecular flexibility index (Phi) is 15.2. The molecule has 8 N–H and O–H groups in total. The maximum absolute atomic E-state index is 13.0. The van der Waals surface area contributed by atoms with E-state index in [1.165, 1.54) is 63.8 Å². The molecule has 0 fully saturated rings. The van der Waals surface area contributed by atoms with Crippen LogP contribution in [-0.2, 0) is 0 Å². The van der Waals surface area contributed by atoms with E-state index in [0.29, 0.717) is 23.8 Å². The first-order valence-corrected chi connectivity index (χ1v) is 19.1. The Morgan fingerprint density at radius 2 is 1.08 bits per heavy atom. The lowest BCUT2D eigenvalue weighted by molar-refractivity contribution is -0.123. The summed E-state index contributed by atoms with van der Waals surface area (Å²) in [5, 5.41) is 55.8. The van der Waals surface area contributed by atoms with Gasteiger partial charge in [0.15, 0.2) is 34.4 Å². The summed E-state index contributed by atoms with van der Waals surface area (Å²) in [4.78, 5) is 50.5. The predicted octanol–water partition coefficient (Wildman–Crippen LogP) is 7.38. The second-order valence-corrected chi connectivity index (χ2v) is 13.8. The van der Waals surface area contributed by atoms with Crippen LogP contribution in [0.25, 0.3) is 22.6 Å². The van der Waals surface area contributed by atoms with Crippen molar-refractivity contribution in [3.8, 4) is 62.9 Å². The van der Waals surface area contributed by atoms with Gasteiger partial charge in [-0.15, -0.1) is 0 Å². The molecule has 19 nitrogen and oxygen atoms in total. The van der Waals surface area contributed by atoms with Gasteiger partial charge in [0.2, 0.25) is 0 Å². The number of carbonyl (C=O) groups excluding carboxylic acids is 4. The molecule has 4 aromatic carbocycles. The van der Waals surface area contributed by atoms with Crippen LogP contribution in [0.2, 0.25) is 10.0 Å². The van der Waals surface area contributed by atoms with Gasteiger partial charge in [0.1, 0.15) is 46.7 Å². The Bertz CT molecular complexity index is 2740. The Morgan fingerprint density at radius 3 is 1.52 bits per heavy atom. The molecule has 0 saturated carbocycles. The van der Waals surface area contributed by atoms with Crippen molar-refractivity contribution in [3.05, 3.63) is 99.3 Å². The number of phenols is 4. The third-order valence-electron chi connectivity index (χ3n) is 8.70. The van der Waals surface area contributed by atoms with Gasteiger partial charge < -0.3 is 65.0 Å². The number of carbonyl (C=O) groups is 4. The average Bonchev–Trinajstić information content (AvgIpc) is 3.89. The molecule has 0 aliphatic carbocycles. The molecule has 0 atom stereocenters. The van der Waals surface area contributed by atoms with Crippen LogP contribution in [0, 0.1) is 0 Å². The van der Waals surface area contributed by atoms with Crippen molar-refractivity contribution >= 4 is 58.2 Å². The number of hydrogen-bond acceptors (Lipinski definition) is 15. The van der Waals surface area contributed by atoms with E-state index in [-0.39, 0.29) is 61.0 Å². The topological polar surface area (TPSA) is 277 Å². The number of alkyl halides is 3. The number of aromatic nitrogens is 2. The number of benzene rings is 4. The largest absolute Gasteiger partial charge is 0.507 e. The molecule has 4 amide bonds. The minimum absolute atomic E-state index is 0.0125. The molecule has 6 rings (SSSR count). The van der Waals surface area contributed by atoms with Gasteiger partial charge in [-0.25, -0.2) is 0 Å². The number of rotatable bonds is 13. The first-order valence-electron chi connectivity index (χ1n) is 18.4. The van der Waals surface area contributed by atoms with E-state index in [0.717, 1.165) is 18.2 Å². The summed E-state index contributed by atoms with van der Waals surface area (Å²) in [5.41, 5.74) is -1.27. The SMILES string of the molecule is CCNC(=O)c1noc(-c2cc(Cl)c(O)cc2O)c1NC(=O)c1ccc(OC)c(OC)c1.COc1ccc(C(=O)Nc2c(C(=O)NCC(F)(F)F)noc2-c2cc(Cl)c(O)cc2O)cc1. The molecule has 2 aromatic heterocycles. The minimum atomic E-state index is -4.70. The summed E-state index contributed by atoms with van der Waals surface area (Å²) >= 11 is 11.8. The fourth-order valence-corrected chi connectivity index (χ4v) is 5.88. The van der Waals surface area contributed by atoms with Crippen LogP contribution in [0.4, 0.5) is 24.5 Å². The normalized spacial score (nSPS) is 10.8. The lowest BCUT2D eigenvalue weighted by atomic mass is 10.1. The molecule has 2 heterocycles. The van der Waals surface area contributed by atoms with E-state index in [1.807, 2.05) is 0 Å². The van der Waals surface area contributed by atoms with Gasteiger partial charge in [-0.05, 0) is 61.5 Å². The smallest absolute Gasteiger partial charge is 0.405 e. The Morgan fingerprint density at radius 1 is 0.615 bits per heavy atom. The van der Waals surface area contributed by atoms with Crippen molar-refractivity contribution in [1.82, 2.24) is 20.9 Å². The number of halogens is 5. The number of nitrogens with zero attached hydrogens (tertiary/aromatic N) is 2. The van der Waals surface area contributed by atoms with E-state index in [1.54, 1.807) is 18.3 Å². The maximum Gasteiger partial charge on any atom is 0.405 e. The molecular weight excluding hydrogens is 912 g/mol. The summed E-state index contributed by atoms with van der Waals surface area (Å²) in [5.74, 6) is -4.33. The average molecular weight is 948 g/mol. The molecule has 65 heavy (non-hydrogen) atoms. The van der Waals surface area contributed by atoms with Gasteiger partial charge in [0.25, 0.3) is 23.6 Å². The molecule has 0 saturated heterocycles. The zero-order valence-corrected chi connectivity index (χ0v) is 35.5. The van der Waals surface area contributed by atoms with Crippen molar-refractivity contribution in [1.29, 1.82) is 0 Å². The fourth-order valence-electron chi connectivity index (χ4n) is 5.55. The van der Waals surface area contributed by atoms with Crippen molar-refractivity contribution in [2.75, 3.05) is 45.1 Å². The molecule has 24 heteroatoms. The highest BCUT2D eigenvalue weighted by molar-refractivity contribution is 6.33. The van der Waals surface area contributed by atoms with Gasteiger partial charge in [-0.2, -0.15) is 13.2 Å². The summed E-state index contributed by atoms with van der Waals surface area (Å²) in [7, 11) is 4.33. The zero-order chi connectivity index (χ0) is 47.7. The minimum Gasteiger partial charge on any atom is -0.507 e. The van der Waals surface area contributed by atoms with E-state index in [4.69, 9.17) is 46.5 Å². The van der Waals surface area contributed by atoms with Crippen LogP contribution in [0.3, 0.4) is 0 Å². The molecule has 0 unspecified atom stereocenters. The van der Waals surface area contributed by atoms with Gasteiger partial charge in [-0.1, -0.05) is 33.5 Å². The zero-order valence-electron chi connectivity index (χ0n) is 34.0. The van der Waals surface area contributed by atoms with Gasteiger partial charge in [-0.3, -0.25) is 19.2 Å². The number of anilines is 2. The number of amides is 4. The molecule has 0 bridgehead atoms. The first-order chi connectivity index (χ1) is 30.8. The quantitative estimate of drug-likeness (QED) is 0.0561. The van der Waals surface area contributed by atoms with Crippen molar-refractivity contribution in [2.45, 2.75) is 13.1 Å². The monoisotopic (exact) mass is 946 g/mol. The second-order valence-electron chi connectivity index (χ2n) is 13.0. The van der Waals surface area contributed by atoms with Crippen molar-refractivity contribution < 1.29 is 76.0 Å². The molecule has 342 valence electrons. The van der Waals surface area contributed by atoms with Gasteiger partial charge >= 0.3 is 6.18 Å². The highest BCUT2D eigenvalue weighted by Gasteiger charge is 2.32. The first kappa shape index (κ1) is 48.2. The van der Waals surface area contributed by atoms with E-state index in [2.05, 4.69) is 26.3 Å². The molecular formula is C41H35Cl2F3N6O13. The highest BCUT2D eigenvalue weighted by Crippen LogP contribution is 2.43. The van der Waals surface area contributed by atoms with Crippen LogP contribution in [0.1, 0.15) is 48.6 Å². The summed E-state index contributed by atoms with van der Waals surface area (Å²) in [6.45, 7) is 0.364. The van der Waals surface area contributed by atoms with E-state index >= 15 is 0 Å². The maximum atomic E-state index is 13.0. The Labute approximate surface area is 374 Å². The lowest BCUT2D eigenvalue weighted by Crippen LogP contribution is -2.34. The molecule has 0 spiro atoms. The van der Waals surface area contributed by atoms with E-state index < -0.39 is 65.0 Å². The molecule has 0 aliphatic rings. The molecule has 0 radical (unpaired) electrons. The van der Waals surface area contributed by atoms with Crippen LogP contribution in [0.15, 0.2) is 75.8 Å². The fraction of sp³-hybridized carbons (Fsp3) is 0.171. The van der Waals surface area contributed by atoms with Gasteiger partial charge in [0.05, 0.1) is 42.5 Å². The predicted molar refractivity (Wildman–Crippen MR) is 225 cm³/mol. The highest BCUT2D eigenvalue weighted by atomic mass is 35.5. The Hall–Kier alpha value is -7.85. The third-order valence-corrected chi connectivity index (χ3v) is 9.30. The van der Waals surface area contributed by atoms with Crippen molar-refractivity contribution in [3.63, 3.8) is 0 Å². The van der Waals surface area contributed by atoms with Crippen LogP contribution in [-0.4, -0.2) is 95.0 Å². The Balaban J connectivity index is 0.000000244. The van der Waals surface area contributed by atoms with E-state index in [9.17, 15) is 52.8 Å². The second kappa shape index (κ2) is 20.6. The molecule has 0 aliphatic heterocycles. The number of hydrogen-bond donors (Lipinski definition) is 8. The van der Waals surface area contributed by atoms with Crippen molar-refractivity contribution in [2.24, 2.45) is 0 Å². The standard InChI is InChI=1S/C21H20ClN3O7.C20H15ClF3N3O6/c1-4-23-21(29)18-17(19(32-25-18)11-8-12(22)14(27)9-13(11)26)24-20(28)10-5-6-15(30-2)16(7-10)31-3;1-32-10-4-2-9(3-5-10)18(30)26-15-16(19(31)25-8-20(22,23)24)27-33-17(15)11-6-12(21)14(29)7-13(11)28/h5-9,26-27H,4H2,1-3H3,(H,23,29)(H,24,28);2-7,28-29H,8H2,1H3,(H,25,31)(H,26,30). The molecule has 6 aromatic rings. The third kappa shape index (κ3) is 11.4. The summed E-state index contributed by atoms with van der Waals surface area (Å²) in [6.07, 6.45) is -4.70. The number of methoxy groups -OCH3 is 3.